The van der Waals surface area contributed by atoms with Gasteiger partial charge in [0.2, 0.25) is 10.0 Å². The van der Waals surface area contributed by atoms with Crippen LogP contribution in [-0.2, 0) is 23.6 Å². The van der Waals surface area contributed by atoms with E-state index in [9.17, 15) is 8.42 Å². The molecule has 0 aromatic carbocycles. The lowest BCUT2D eigenvalue weighted by Crippen LogP contribution is -2.26. The summed E-state index contributed by atoms with van der Waals surface area (Å²) in [4.78, 5) is 4.02. The molecule has 0 atom stereocenters. The molecule has 0 amide bonds. The first kappa shape index (κ1) is 15.4. The predicted molar refractivity (Wildman–Crippen MR) is 78.0 cm³/mol. The average Bonchev–Trinajstić information content (AvgIpc) is 2.89. The van der Waals surface area contributed by atoms with Crippen LogP contribution in [0.4, 0.5) is 5.69 Å². The van der Waals surface area contributed by atoms with E-state index in [1.54, 1.807) is 23.9 Å². The lowest BCUT2D eigenvalue weighted by molar-refractivity contribution is 0.577. The number of aromatic nitrogens is 4. The normalized spacial score (nSPS) is 11.5. The minimum absolute atomic E-state index is 0.0704. The summed E-state index contributed by atoms with van der Waals surface area (Å²) in [5, 5.41) is 10.6. The summed E-state index contributed by atoms with van der Waals surface area (Å²) >= 11 is 0. The Balaban J connectivity index is 2.17. The molecule has 0 aliphatic carbocycles. The molecule has 2 aromatic heterocycles. The number of nitrogens with one attached hydrogen (secondary N) is 2. The van der Waals surface area contributed by atoms with Gasteiger partial charge in [-0.3, -0.25) is 4.98 Å². The van der Waals surface area contributed by atoms with Crippen molar-refractivity contribution in [3.63, 3.8) is 0 Å². The van der Waals surface area contributed by atoms with Crippen molar-refractivity contribution < 1.29 is 8.42 Å². The molecule has 0 fully saturated rings. The number of hydrogen-bond donors (Lipinski definition) is 2. The lowest BCUT2D eigenvalue weighted by atomic mass is 10.4. The van der Waals surface area contributed by atoms with Crippen molar-refractivity contribution >= 4 is 15.7 Å². The molecule has 21 heavy (non-hydrogen) atoms. The second-order valence-corrected chi connectivity index (χ2v) is 6.22. The van der Waals surface area contributed by atoms with Crippen LogP contribution in [0.2, 0.25) is 0 Å². The van der Waals surface area contributed by atoms with E-state index in [0.717, 1.165) is 6.42 Å². The van der Waals surface area contributed by atoms with E-state index in [2.05, 4.69) is 25.2 Å². The van der Waals surface area contributed by atoms with Crippen molar-refractivity contribution in [3.8, 4) is 0 Å². The maximum Gasteiger partial charge on any atom is 0.244 e. The van der Waals surface area contributed by atoms with Crippen molar-refractivity contribution in [3.05, 3.63) is 30.6 Å². The Kier molecular flexibility index (Phi) is 4.86. The highest BCUT2D eigenvalue weighted by molar-refractivity contribution is 7.89. The van der Waals surface area contributed by atoms with Crippen LogP contribution >= 0.6 is 0 Å². The van der Waals surface area contributed by atoms with Gasteiger partial charge in [0.05, 0.1) is 12.2 Å². The fourth-order valence-corrected chi connectivity index (χ4v) is 2.81. The summed E-state index contributed by atoms with van der Waals surface area (Å²) in [7, 11) is -1.92. The van der Waals surface area contributed by atoms with Crippen LogP contribution < -0.4 is 10.0 Å². The topological polar surface area (TPSA) is 102 Å². The van der Waals surface area contributed by atoms with Crippen molar-refractivity contribution in [2.75, 3.05) is 11.9 Å². The molecule has 0 saturated carbocycles. The minimum Gasteiger partial charge on any atom is -0.384 e. The number of anilines is 1. The van der Waals surface area contributed by atoms with Gasteiger partial charge in [0.25, 0.3) is 0 Å². The van der Waals surface area contributed by atoms with Crippen LogP contribution in [0.5, 0.6) is 0 Å². The number of nitrogens with zero attached hydrogens (tertiary/aromatic N) is 4. The monoisotopic (exact) mass is 310 g/mol. The van der Waals surface area contributed by atoms with Gasteiger partial charge < -0.3 is 9.88 Å². The minimum atomic E-state index is -3.67. The largest absolute Gasteiger partial charge is 0.384 e. The summed E-state index contributed by atoms with van der Waals surface area (Å²) in [6.45, 7) is 2.77. The zero-order valence-electron chi connectivity index (χ0n) is 11.9. The second kappa shape index (κ2) is 6.64. The SMILES string of the molecule is CCCNc1ccncc1S(=O)(=O)NCc1nncn1C. The first-order valence-corrected chi connectivity index (χ1v) is 8.03. The molecule has 0 unspecified atom stereocenters. The van der Waals surface area contributed by atoms with Gasteiger partial charge in [-0.05, 0) is 12.5 Å². The summed E-state index contributed by atoms with van der Waals surface area (Å²) < 4.78 is 28.9. The predicted octanol–water partition coefficient (Wildman–Crippen LogP) is 0.510. The van der Waals surface area contributed by atoms with Crippen LogP contribution in [0.3, 0.4) is 0 Å². The smallest absolute Gasteiger partial charge is 0.244 e. The number of hydrogen-bond acceptors (Lipinski definition) is 6. The highest BCUT2D eigenvalue weighted by Crippen LogP contribution is 2.19. The number of pyridine rings is 1. The summed E-state index contributed by atoms with van der Waals surface area (Å²) in [5.74, 6) is 0.533. The van der Waals surface area contributed by atoms with Gasteiger partial charge in [-0.15, -0.1) is 10.2 Å². The van der Waals surface area contributed by atoms with Crippen LogP contribution in [0, 0.1) is 0 Å². The number of rotatable bonds is 7. The molecule has 0 aliphatic heterocycles. The van der Waals surface area contributed by atoms with E-state index in [-0.39, 0.29) is 11.4 Å². The average molecular weight is 310 g/mol. The summed E-state index contributed by atoms with van der Waals surface area (Å²) in [6.07, 6.45) is 5.30. The highest BCUT2D eigenvalue weighted by Gasteiger charge is 2.19. The van der Waals surface area contributed by atoms with Gasteiger partial charge in [0.1, 0.15) is 17.0 Å². The first-order chi connectivity index (χ1) is 10.0. The Bertz CT molecular complexity index is 697. The quantitative estimate of drug-likeness (QED) is 0.772. The maximum absolute atomic E-state index is 12.4. The molecule has 0 bridgehead atoms. The molecule has 2 heterocycles. The van der Waals surface area contributed by atoms with E-state index in [1.165, 1.54) is 12.5 Å². The third-order valence-corrected chi connectivity index (χ3v) is 4.29. The molecule has 9 heteroatoms. The van der Waals surface area contributed by atoms with Gasteiger partial charge in [-0.2, -0.15) is 0 Å². The van der Waals surface area contributed by atoms with Crippen LogP contribution in [0.15, 0.2) is 29.7 Å². The molecule has 0 spiro atoms. The second-order valence-electron chi connectivity index (χ2n) is 4.48. The zero-order valence-corrected chi connectivity index (χ0v) is 12.8. The molecule has 114 valence electrons. The Labute approximate surface area is 123 Å². The van der Waals surface area contributed by atoms with Crippen molar-refractivity contribution in [1.82, 2.24) is 24.5 Å². The Hall–Kier alpha value is -2.00. The van der Waals surface area contributed by atoms with E-state index >= 15 is 0 Å². The van der Waals surface area contributed by atoms with Crippen molar-refractivity contribution in [2.45, 2.75) is 24.8 Å². The molecular formula is C12H18N6O2S. The van der Waals surface area contributed by atoms with Gasteiger partial charge >= 0.3 is 0 Å². The molecule has 2 rings (SSSR count). The molecule has 0 radical (unpaired) electrons. The van der Waals surface area contributed by atoms with Gasteiger partial charge in [0.15, 0.2) is 0 Å². The van der Waals surface area contributed by atoms with Crippen molar-refractivity contribution in [2.24, 2.45) is 7.05 Å². The Morgan fingerprint density at radius 3 is 2.86 bits per heavy atom. The molecule has 2 aromatic rings. The van der Waals surface area contributed by atoms with E-state index in [4.69, 9.17) is 0 Å². The van der Waals surface area contributed by atoms with Crippen LogP contribution in [0.25, 0.3) is 0 Å². The molecule has 0 aliphatic rings. The fourth-order valence-electron chi connectivity index (χ4n) is 1.70. The molecule has 0 saturated heterocycles. The van der Waals surface area contributed by atoms with Gasteiger partial charge in [-0.1, -0.05) is 6.92 Å². The molecule has 2 N–H and O–H groups in total. The third-order valence-electron chi connectivity index (χ3n) is 2.86. The van der Waals surface area contributed by atoms with E-state index < -0.39 is 10.0 Å². The van der Waals surface area contributed by atoms with Crippen molar-refractivity contribution in [1.29, 1.82) is 0 Å². The van der Waals surface area contributed by atoms with E-state index in [1.807, 2.05) is 6.92 Å². The highest BCUT2D eigenvalue weighted by atomic mass is 32.2. The number of aryl methyl sites for hydroxylation is 1. The Morgan fingerprint density at radius 2 is 2.19 bits per heavy atom. The molecule has 8 nitrogen and oxygen atoms in total. The zero-order chi connectivity index (χ0) is 15.3. The molecular weight excluding hydrogens is 292 g/mol. The van der Waals surface area contributed by atoms with Crippen LogP contribution in [0.1, 0.15) is 19.2 Å². The van der Waals surface area contributed by atoms with Gasteiger partial charge in [-0.25, -0.2) is 13.1 Å². The van der Waals surface area contributed by atoms with Gasteiger partial charge in [0, 0.05) is 26.0 Å². The maximum atomic E-state index is 12.4. The summed E-state index contributed by atoms with van der Waals surface area (Å²) in [5.41, 5.74) is 0.539. The number of sulfonamides is 1. The summed E-state index contributed by atoms with van der Waals surface area (Å²) in [6, 6.07) is 1.65. The van der Waals surface area contributed by atoms with E-state index in [0.29, 0.717) is 18.1 Å². The van der Waals surface area contributed by atoms with Crippen LogP contribution in [-0.4, -0.2) is 34.7 Å². The third kappa shape index (κ3) is 3.76. The standard InChI is InChI=1S/C12H18N6O2S/c1-3-5-14-10-4-6-13-7-11(10)21(19,20)16-8-12-17-15-9-18(12)2/h4,6-7,9,16H,3,5,8H2,1-2H3,(H,13,14). The first-order valence-electron chi connectivity index (χ1n) is 6.55. The Morgan fingerprint density at radius 1 is 1.38 bits per heavy atom. The fraction of sp³-hybridized carbons (Fsp3) is 0.417. The lowest BCUT2D eigenvalue weighted by Gasteiger charge is -2.12.